The molecule has 0 aromatic heterocycles. The monoisotopic (exact) mass is 523 g/mol. The van der Waals surface area contributed by atoms with E-state index in [1.807, 2.05) is 20.0 Å². The van der Waals surface area contributed by atoms with Gasteiger partial charge in [-0.15, -0.1) is 24.0 Å². The smallest absolute Gasteiger partial charge is 0.193 e. The molecule has 0 radical (unpaired) electrons. The van der Waals surface area contributed by atoms with Gasteiger partial charge in [-0.2, -0.15) is 0 Å². The van der Waals surface area contributed by atoms with Crippen molar-refractivity contribution >= 4 is 39.8 Å². The second-order valence-corrected chi connectivity index (χ2v) is 9.10. The molecule has 1 saturated heterocycles. The fourth-order valence-electron chi connectivity index (χ4n) is 3.17. The van der Waals surface area contributed by atoms with Crippen molar-refractivity contribution in [1.29, 1.82) is 0 Å². The molecular formula is C20H34IN3O3S. The van der Waals surface area contributed by atoms with E-state index in [1.165, 1.54) is 0 Å². The SMILES string of the molecule is CCNC(=NCCCS(=O)(=O)c1ccccc1)N(C)CCC1CCOCC1.I. The van der Waals surface area contributed by atoms with Crippen molar-refractivity contribution in [2.75, 3.05) is 45.6 Å². The zero-order chi connectivity index (χ0) is 19.5. The number of ether oxygens (including phenoxy) is 1. The van der Waals surface area contributed by atoms with Gasteiger partial charge in [0.15, 0.2) is 15.8 Å². The number of aliphatic imine (C=N–C) groups is 1. The summed E-state index contributed by atoms with van der Waals surface area (Å²) in [5.74, 6) is 1.69. The molecule has 1 aromatic rings. The quantitative estimate of drug-likeness (QED) is 0.233. The Bertz CT molecular complexity index is 677. The number of hydrogen-bond donors (Lipinski definition) is 1. The molecule has 0 atom stereocenters. The highest BCUT2D eigenvalue weighted by Gasteiger charge is 2.16. The Morgan fingerprint density at radius 1 is 1.25 bits per heavy atom. The van der Waals surface area contributed by atoms with Gasteiger partial charge in [-0.1, -0.05) is 18.2 Å². The lowest BCUT2D eigenvalue weighted by Crippen LogP contribution is -2.40. The van der Waals surface area contributed by atoms with Crippen LogP contribution in [-0.4, -0.2) is 64.9 Å². The normalized spacial score (nSPS) is 15.7. The molecule has 0 saturated carbocycles. The van der Waals surface area contributed by atoms with Crippen molar-refractivity contribution in [2.24, 2.45) is 10.9 Å². The van der Waals surface area contributed by atoms with E-state index >= 15 is 0 Å². The van der Waals surface area contributed by atoms with Crippen molar-refractivity contribution in [2.45, 2.75) is 37.5 Å². The van der Waals surface area contributed by atoms with E-state index < -0.39 is 9.84 Å². The molecule has 1 N–H and O–H groups in total. The zero-order valence-corrected chi connectivity index (χ0v) is 20.1. The van der Waals surface area contributed by atoms with E-state index in [1.54, 1.807) is 24.3 Å². The first-order valence-corrected chi connectivity index (χ1v) is 11.5. The minimum Gasteiger partial charge on any atom is -0.381 e. The van der Waals surface area contributed by atoms with Crippen molar-refractivity contribution in [3.8, 4) is 0 Å². The number of halogens is 1. The van der Waals surface area contributed by atoms with Gasteiger partial charge in [-0.3, -0.25) is 4.99 Å². The lowest BCUT2D eigenvalue weighted by Gasteiger charge is -2.26. The summed E-state index contributed by atoms with van der Waals surface area (Å²) in [5, 5.41) is 3.30. The standard InChI is InChI=1S/C20H33N3O3S.HI/c1-3-21-20(23(2)14-10-18-11-15-26-16-12-18)22-13-7-17-27(24,25)19-8-5-4-6-9-19;/h4-6,8-9,18H,3,7,10-17H2,1-2H3,(H,21,22);1H. The molecule has 1 fully saturated rings. The van der Waals surface area contributed by atoms with Crippen LogP contribution in [0.5, 0.6) is 0 Å². The summed E-state index contributed by atoms with van der Waals surface area (Å²) in [6.07, 6.45) is 3.92. The van der Waals surface area contributed by atoms with Crippen LogP contribution < -0.4 is 5.32 Å². The maximum atomic E-state index is 12.3. The predicted molar refractivity (Wildman–Crippen MR) is 125 cm³/mol. The Kier molecular flexibility index (Phi) is 12.0. The third-order valence-electron chi connectivity index (χ3n) is 4.85. The lowest BCUT2D eigenvalue weighted by atomic mass is 9.96. The van der Waals surface area contributed by atoms with Gasteiger partial charge in [0.05, 0.1) is 10.6 Å². The number of benzene rings is 1. The van der Waals surface area contributed by atoms with Crippen molar-refractivity contribution in [3.05, 3.63) is 30.3 Å². The molecule has 1 aliphatic rings. The number of sulfone groups is 1. The van der Waals surface area contributed by atoms with E-state index in [-0.39, 0.29) is 29.7 Å². The van der Waals surface area contributed by atoms with Crippen molar-refractivity contribution in [3.63, 3.8) is 0 Å². The van der Waals surface area contributed by atoms with Gasteiger partial charge in [0, 0.05) is 39.9 Å². The van der Waals surface area contributed by atoms with Crippen LogP contribution in [0.3, 0.4) is 0 Å². The van der Waals surface area contributed by atoms with Gasteiger partial charge in [-0.25, -0.2) is 8.42 Å². The minimum atomic E-state index is -3.23. The summed E-state index contributed by atoms with van der Waals surface area (Å²) < 4.78 is 30.1. The zero-order valence-electron chi connectivity index (χ0n) is 17.0. The minimum absolute atomic E-state index is 0. The van der Waals surface area contributed by atoms with Crippen LogP contribution in [0.25, 0.3) is 0 Å². The number of nitrogens with zero attached hydrogens (tertiary/aromatic N) is 2. The van der Waals surface area contributed by atoms with Crippen molar-refractivity contribution < 1.29 is 13.2 Å². The molecule has 1 aliphatic heterocycles. The number of nitrogens with one attached hydrogen (secondary N) is 1. The molecule has 0 aliphatic carbocycles. The largest absolute Gasteiger partial charge is 0.381 e. The first-order valence-electron chi connectivity index (χ1n) is 9.88. The summed E-state index contributed by atoms with van der Waals surface area (Å²) in [7, 11) is -1.19. The second-order valence-electron chi connectivity index (χ2n) is 6.99. The van der Waals surface area contributed by atoms with Crippen LogP contribution in [0.4, 0.5) is 0 Å². The topological polar surface area (TPSA) is 71.0 Å². The number of guanidine groups is 1. The molecular weight excluding hydrogens is 489 g/mol. The average Bonchev–Trinajstić information content (AvgIpc) is 2.70. The summed E-state index contributed by atoms with van der Waals surface area (Å²) in [4.78, 5) is 7.14. The molecule has 28 heavy (non-hydrogen) atoms. The van der Waals surface area contributed by atoms with Gasteiger partial charge in [0.25, 0.3) is 0 Å². The van der Waals surface area contributed by atoms with Gasteiger partial charge in [0.2, 0.25) is 0 Å². The Labute approximate surface area is 187 Å². The fraction of sp³-hybridized carbons (Fsp3) is 0.650. The molecule has 0 unspecified atom stereocenters. The molecule has 160 valence electrons. The van der Waals surface area contributed by atoms with E-state index in [2.05, 4.69) is 15.2 Å². The third-order valence-corrected chi connectivity index (χ3v) is 6.66. The highest BCUT2D eigenvalue weighted by molar-refractivity contribution is 14.0. The Morgan fingerprint density at radius 3 is 2.57 bits per heavy atom. The maximum absolute atomic E-state index is 12.3. The predicted octanol–water partition coefficient (Wildman–Crippen LogP) is 3.18. The third kappa shape index (κ3) is 8.65. The molecule has 0 bridgehead atoms. The second kappa shape index (κ2) is 13.4. The van der Waals surface area contributed by atoms with Gasteiger partial charge in [0.1, 0.15) is 0 Å². The van der Waals surface area contributed by atoms with Gasteiger partial charge >= 0.3 is 0 Å². The Balaban J connectivity index is 0.00000392. The number of hydrogen-bond acceptors (Lipinski definition) is 4. The summed E-state index contributed by atoms with van der Waals surface area (Å²) >= 11 is 0. The molecule has 0 amide bonds. The van der Waals surface area contributed by atoms with Gasteiger partial charge in [-0.05, 0) is 50.7 Å². The van der Waals surface area contributed by atoms with Gasteiger partial charge < -0.3 is 15.0 Å². The van der Waals surface area contributed by atoms with Crippen LogP contribution >= 0.6 is 24.0 Å². The molecule has 0 spiro atoms. The van der Waals surface area contributed by atoms with E-state index in [9.17, 15) is 8.42 Å². The Morgan fingerprint density at radius 2 is 1.93 bits per heavy atom. The first kappa shape index (κ1) is 25.2. The first-order chi connectivity index (χ1) is 13.0. The molecule has 1 heterocycles. The lowest BCUT2D eigenvalue weighted by molar-refractivity contribution is 0.0625. The molecule has 6 nitrogen and oxygen atoms in total. The maximum Gasteiger partial charge on any atom is 0.193 e. The molecule has 1 aromatic carbocycles. The van der Waals surface area contributed by atoms with Crippen LogP contribution in [0.2, 0.25) is 0 Å². The Hall–Kier alpha value is -0.870. The average molecular weight is 523 g/mol. The highest BCUT2D eigenvalue weighted by Crippen LogP contribution is 2.18. The van der Waals surface area contributed by atoms with E-state index in [0.717, 1.165) is 57.4 Å². The van der Waals surface area contributed by atoms with E-state index in [4.69, 9.17) is 4.74 Å². The number of rotatable bonds is 9. The summed E-state index contributed by atoms with van der Waals surface area (Å²) in [6.45, 7) is 6.02. The molecule has 8 heteroatoms. The highest BCUT2D eigenvalue weighted by atomic mass is 127. The van der Waals surface area contributed by atoms with Crippen LogP contribution in [0, 0.1) is 5.92 Å². The summed E-state index contributed by atoms with van der Waals surface area (Å²) in [5.41, 5.74) is 0. The van der Waals surface area contributed by atoms with E-state index in [0.29, 0.717) is 17.9 Å². The van der Waals surface area contributed by atoms with Crippen LogP contribution in [0.1, 0.15) is 32.6 Å². The fourth-order valence-corrected chi connectivity index (χ4v) is 4.49. The van der Waals surface area contributed by atoms with Crippen molar-refractivity contribution in [1.82, 2.24) is 10.2 Å². The van der Waals surface area contributed by atoms with Crippen LogP contribution in [-0.2, 0) is 14.6 Å². The van der Waals surface area contributed by atoms with Crippen LogP contribution in [0.15, 0.2) is 40.2 Å². The summed E-state index contributed by atoms with van der Waals surface area (Å²) in [6, 6.07) is 8.62. The molecule has 2 rings (SSSR count).